The molecule has 0 aliphatic heterocycles. The Morgan fingerprint density at radius 2 is 1.75 bits per heavy atom. The molecular weight excluding hydrogens is 148 g/mol. The smallest absolute Gasteiger partial charge is 0.0542 e. The van der Waals surface area contributed by atoms with Gasteiger partial charge in [-0.15, -0.1) is 0 Å². The largest absolute Gasteiger partial charge is 0.393 e. The van der Waals surface area contributed by atoms with Gasteiger partial charge in [0, 0.05) is 0 Å². The molecule has 0 bridgehead atoms. The molecule has 1 nitrogen and oxygen atoms in total. The highest BCUT2D eigenvalue weighted by Gasteiger charge is 2.19. The first-order valence-electron chi connectivity index (χ1n) is 5.31. The van der Waals surface area contributed by atoms with Crippen LogP contribution in [-0.2, 0) is 0 Å². The van der Waals surface area contributed by atoms with Crippen molar-refractivity contribution >= 4 is 0 Å². The molecule has 3 unspecified atom stereocenters. The lowest BCUT2D eigenvalue weighted by molar-refractivity contribution is 0.0862. The number of aliphatic hydroxyl groups excluding tert-OH is 1. The zero-order chi connectivity index (χ0) is 9.56. The molecule has 0 saturated heterocycles. The molecule has 0 aromatic rings. The molecule has 3 atom stereocenters. The molecule has 0 saturated carbocycles. The van der Waals surface area contributed by atoms with Gasteiger partial charge in [-0.1, -0.05) is 46.5 Å². The number of hydrogen-bond acceptors (Lipinski definition) is 1. The second-order valence-electron chi connectivity index (χ2n) is 3.93. The summed E-state index contributed by atoms with van der Waals surface area (Å²) in [5.74, 6) is 1.17. The van der Waals surface area contributed by atoms with Crippen LogP contribution < -0.4 is 0 Å². The molecule has 0 aromatic carbocycles. The summed E-state index contributed by atoms with van der Waals surface area (Å²) in [6.45, 7) is 8.56. The lowest BCUT2D eigenvalue weighted by Gasteiger charge is -2.25. The fraction of sp³-hybridized carbons (Fsp3) is 1.00. The zero-order valence-electron chi connectivity index (χ0n) is 9.01. The summed E-state index contributed by atoms with van der Waals surface area (Å²) in [7, 11) is 0. The molecule has 0 radical (unpaired) electrons. The molecule has 12 heavy (non-hydrogen) atoms. The Morgan fingerprint density at radius 3 is 2.08 bits per heavy atom. The van der Waals surface area contributed by atoms with E-state index in [1.165, 1.54) is 19.3 Å². The van der Waals surface area contributed by atoms with Crippen LogP contribution in [0.1, 0.15) is 53.4 Å². The van der Waals surface area contributed by atoms with Crippen LogP contribution in [0.3, 0.4) is 0 Å². The summed E-state index contributed by atoms with van der Waals surface area (Å²) in [6, 6.07) is 0. The molecule has 0 aliphatic rings. The van der Waals surface area contributed by atoms with Crippen molar-refractivity contribution in [3.8, 4) is 0 Å². The molecule has 74 valence electrons. The summed E-state index contributed by atoms with van der Waals surface area (Å²) < 4.78 is 0. The second kappa shape index (κ2) is 6.47. The first-order chi connectivity index (χ1) is 5.63. The summed E-state index contributed by atoms with van der Waals surface area (Å²) >= 11 is 0. The SMILES string of the molecule is CCCCC(C)C(CC)C(C)O. The highest BCUT2D eigenvalue weighted by molar-refractivity contribution is 4.69. The van der Waals surface area contributed by atoms with Crippen molar-refractivity contribution in [3.05, 3.63) is 0 Å². The number of hydrogen-bond donors (Lipinski definition) is 1. The average molecular weight is 172 g/mol. The minimum Gasteiger partial charge on any atom is -0.393 e. The highest BCUT2D eigenvalue weighted by Crippen LogP contribution is 2.24. The monoisotopic (exact) mass is 172 g/mol. The van der Waals surface area contributed by atoms with Crippen LogP contribution in [0.15, 0.2) is 0 Å². The molecule has 1 N–H and O–H groups in total. The van der Waals surface area contributed by atoms with E-state index in [2.05, 4.69) is 20.8 Å². The quantitative estimate of drug-likeness (QED) is 0.652. The van der Waals surface area contributed by atoms with Crippen molar-refractivity contribution in [2.75, 3.05) is 0 Å². The summed E-state index contributed by atoms with van der Waals surface area (Å²) in [4.78, 5) is 0. The van der Waals surface area contributed by atoms with E-state index in [0.29, 0.717) is 11.8 Å². The van der Waals surface area contributed by atoms with E-state index in [9.17, 15) is 5.11 Å². The number of unbranched alkanes of at least 4 members (excludes halogenated alkanes) is 1. The fourth-order valence-corrected chi connectivity index (χ4v) is 1.96. The van der Waals surface area contributed by atoms with Gasteiger partial charge in [0.15, 0.2) is 0 Å². The van der Waals surface area contributed by atoms with Gasteiger partial charge >= 0.3 is 0 Å². The fourth-order valence-electron chi connectivity index (χ4n) is 1.96. The molecule has 0 spiro atoms. The van der Waals surface area contributed by atoms with E-state index in [-0.39, 0.29) is 6.10 Å². The van der Waals surface area contributed by atoms with Crippen LogP contribution in [-0.4, -0.2) is 11.2 Å². The lowest BCUT2D eigenvalue weighted by Crippen LogP contribution is -2.23. The Morgan fingerprint density at radius 1 is 1.17 bits per heavy atom. The van der Waals surface area contributed by atoms with Gasteiger partial charge in [0.25, 0.3) is 0 Å². The van der Waals surface area contributed by atoms with Crippen LogP contribution >= 0.6 is 0 Å². The van der Waals surface area contributed by atoms with Gasteiger partial charge in [0.1, 0.15) is 0 Å². The minimum absolute atomic E-state index is 0.137. The van der Waals surface area contributed by atoms with Crippen molar-refractivity contribution in [1.29, 1.82) is 0 Å². The molecule has 0 aliphatic carbocycles. The topological polar surface area (TPSA) is 20.2 Å². The van der Waals surface area contributed by atoms with Gasteiger partial charge in [-0.25, -0.2) is 0 Å². The number of aliphatic hydroxyl groups is 1. The third-order valence-electron chi connectivity index (χ3n) is 2.83. The predicted octanol–water partition coefficient (Wildman–Crippen LogP) is 3.22. The first-order valence-corrected chi connectivity index (χ1v) is 5.31. The van der Waals surface area contributed by atoms with Gasteiger partial charge in [-0.2, -0.15) is 0 Å². The van der Waals surface area contributed by atoms with Crippen molar-refractivity contribution < 1.29 is 5.11 Å². The van der Waals surface area contributed by atoms with Crippen molar-refractivity contribution in [2.45, 2.75) is 59.5 Å². The lowest BCUT2D eigenvalue weighted by atomic mass is 9.84. The Balaban J connectivity index is 3.77. The van der Waals surface area contributed by atoms with Crippen LogP contribution in [0, 0.1) is 11.8 Å². The Bertz CT molecular complexity index is 99.2. The summed E-state index contributed by atoms with van der Waals surface area (Å²) in [6.07, 6.45) is 4.79. The predicted molar refractivity (Wildman–Crippen MR) is 54.2 cm³/mol. The minimum atomic E-state index is -0.137. The van der Waals surface area contributed by atoms with Gasteiger partial charge in [0.05, 0.1) is 6.10 Å². The van der Waals surface area contributed by atoms with E-state index in [0.717, 1.165) is 6.42 Å². The Labute approximate surface area is 77.2 Å². The van der Waals surface area contributed by atoms with Crippen LogP contribution in [0.2, 0.25) is 0 Å². The van der Waals surface area contributed by atoms with Gasteiger partial charge in [0.2, 0.25) is 0 Å². The van der Waals surface area contributed by atoms with E-state index in [4.69, 9.17) is 0 Å². The van der Waals surface area contributed by atoms with Crippen LogP contribution in [0.4, 0.5) is 0 Å². The standard InChI is InChI=1S/C11H24O/c1-5-7-8-9(3)11(6-2)10(4)12/h9-12H,5-8H2,1-4H3. The molecule has 0 aromatic heterocycles. The molecule has 1 heteroatoms. The van der Waals surface area contributed by atoms with Crippen molar-refractivity contribution in [3.63, 3.8) is 0 Å². The Kier molecular flexibility index (Phi) is 6.45. The Hall–Kier alpha value is -0.0400. The van der Waals surface area contributed by atoms with E-state index in [1.54, 1.807) is 0 Å². The molecule has 0 fully saturated rings. The normalized spacial score (nSPS) is 18.8. The third-order valence-corrected chi connectivity index (χ3v) is 2.83. The average Bonchev–Trinajstić information content (AvgIpc) is 2.01. The molecule has 0 amide bonds. The van der Waals surface area contributed by atoms with Crippen LogP contribution in [0.5, 0.6) is 0 Å². The highest BCUT2D eigenvalue weighted by atomic mass is 16.3. The summed E-state index contributed by atoms with van der Waals surface area (Å²) in [5, 5.41) is 9.48. The molecular formula is C11H24O. The van der Waals surface area contributed by atoms with Gasteiger partial charge in [-0.3, -0.25) is 0 Å². The van der Waals surface area contributed by atoms with Crippen molar-refractivity contribution in [1.82, 2.24) is 0 Å². The second-order valence-corrected chi connectivity index (χ2v) is 3.93. The maximum atomic E-state index is 9.48. The number of rotatable bonds is 6. The van der Waals surface area contributed by atoms with Crippen LogP contribution in [0.25, 0.3) is 0 Å². The maximum Gasteiger partial charge on any atom is 0.0542 e. The molecule has 0 rings (SSSR count). The summed E-state index contributed by atoms with van der Waals surface area (Å²) in [5.41, 5.74) is 0. The zero-order valence-corrected chi connectivity index (χ0v) is 9.01. The molecule has 0 heterocycles. The van der Waals surface area contributed by atoms with Gasteiger partial charge < -0.3 is 5.11 Å². The first kappa shape index (κ1) is 12.0. The van der Waals surface area contributed by atoms with Gasteiger partial charge in [-0.05, 0) is 18.8 Å². The van der Waals surface area contributed by atoms with Crippen molar-refractivity contribution in [2.24, 2.45) is 11.8 Å². The maximum absolute atomic E-state index is 9.48. The third kappa shape index (κ3) is 4.10. The van der Waals surface area contributed by atoms with E-state index >= 15 is 0 Å². The van der Waals surface area contributed by atoms with E-state index < -0.39 is 0 Å². The van der Waals surface area contributed by atoms with E-state index in [1.807, 2.05) is 6.92 Å².